The molecule has 5 nitrogen and oxygen atoms in total. The standard InChI is InChI=1S/C11H15FN2O3/c1-16-4-5-17-7-8-2-3-9(12)6-10(8)11(13)14-15/h2-3,6,15H,4-5,7H2,1H3,(H2,13,14). The molecular formula is C11H15FN2O3. The Morgan fingerprint density at radius 2 is 2.24 bits per heavy atom. The molecule has 0 aliphatic carbocycles. The van der Waals surface area contributed by atoms with E-state index in [0.717, 1.165) is 0 Å². The number of ether oxygens (including phenoxy) is 2. The zero-order valence-corrected chi connectivity index (χ0v) is 9.52. The summed E-state index contributed by atoms with van der Waals surface area (Å²) in [6, 6.07) is 4.03. The molecule has 0 saturated heterocycles. The first kappa shape index (κ1) is 13.4. The van der Waals surface area contributed by atoms with Crippen LogP contribution < -0.4 is 5.73 Å². The van der Waals surface area contributed by atoms with E-state index in [0.29, 0.717) is 24.3 Å². The molecule has 1 aromatic rings. The third kappa shape index (κ3) is 4.01. The molecule has 0 radical (unpaired) electrons. The smallest absolute Gasteiger partial charge is 0.170 e. The predicted octanol–water partition coefficient (Wildman–Crippen LogP) is 1.08. The van der Waals surface area contributed by atoms with Crippen molar-refractivity contribution in [1.82, 2.24) is 0 Å². The first-order valence-corrected chi connectivity index (χ1v) is 5.02. The molecule has 17 heavy (non-hydrogen) atoms. The summed E-state index contributed by atoms with van der Waals surface area (Å²) >= 11 is 0. The quantitative estimate of drug-likeness (QED) is 0.257. The number of halogens is 1. The summed E-state index contributed by atoms with van der Waals surface area (Å²) in [7, 11) is 1.57. The highest BCUT2D eigenvalue weighted by Gasteiger charge is 2.08. The Hall–Kier alpha value is -1.66. The van der Waals surface area contributed by atoms with Crippen molar-refractivity contribution < 1.29 is 19.1 Å². The molecule has 6 heteroatoms. The van der Waals surface area contributed by atoms with E-state index in [9.17, 15) is 4.39 Å². The van der Waals surface area contributed by atoms with Gasteiger partial charge in [-0.05, 0) is 17.7 Å². The zero-order valence-electron chi connectivity index (χ0n) is 9.52. The van der Waals surface area contributed by atoms with Crippen LogP contribution in [0.2, 0.25) is 0 Å². The molecule has 0 amide bonds. The second-order valence-electron chi connectivity index (χ2n) is 3.33. The number of nitrogens with zero attached hydrogens (tertiary/aromatic N) is 1. The first-order chi connectivity index (χ1) is 8.19. The molecule has 0 aliphatic rings. The summed E-state index contributed by atoms with van der Waals surface area (Å²) in [5, 5.41) is 11.4. The first-order valence-electron chi connectivity index (χ1n) is 5.02. The van der Waals surface area contributed by atoms with Crippen LogP contribution in [0.15, 0.2) is 23.4 Å². The summed E-state index contributed by atoms with van der Waals surface area (Å²) in [6.45, 7) is 1.14. The highest BCUT2D eigenvalue weighted by molar-refractivity contribution is 5.98. The fraction of sp³-hybridized carbons (Fsp3) is 0.364. The number of hydrogen-bond acceptors (Lipinski definition) is 4. The van der Waals surface area contributed by atoms with Gasteiger partial charge in [-0.25, -0.2) is 4.39 Å². The number of oxime groups is 1. The van der Waals surface area contributed by atoms with Gasteiger partial charge < -0.3 is 20.4 Å². The van der Waals surface area contributed by atoms with Crippen LogP contribution in [0, 0.1) is 5.82 Å². The van der Waals surface area contributed by atoms with E-state index in [2.05, 4.69) is 5.16 Å². The van der Waals surface area contributed by atoms with E-state index in [4.69, 9.17) is 20.4 Å². The number of benzene rings is 1. The summed E-state index contributed by atoms with van der Waals surface area (Å²) in [5.74, 6) is -0.595. The van der Waals surface area contributed by atoms with Gasteiger partial charge in [0.25, 0.3) is 0 Å². The molecule has 94 valence electrons. The summed E-state index contributed by atoms with van der Waals surface area (Å²) in [6.07, 6.45) is 0. The van der Waals surface area contributed by atoms with Crippen molar-refractivity contribution in [1.29, 1.82) is 0 Å². The molecular weight excluding hydrogens is 227 g/mol. The number of methoxy groups -OCH3 is 1. The minimum absolute atomic E-state index is 0.144. The van der Waals surface area contributed by atoms with E-state index in [1.165, 1.54) is 18.2 Å². The number of amidine groups is 1. The molecule has 3 N–H and O–H groups in total. The van der Waals surface area contributed by atoms with Crippen molar-refractivity contribution in [2.75, 3.05) is 20.3 Å². The molecule has 0 saturated carbocycles. The molecule has 0 heterocycles. The van der Waals surface area contributed by atoms with Gasteiger partial charge in [0.05, 0.1) is 19.8 Å². The third-order valence-corrected chi connectivity index (χ3v) is 2.14. The molecule has 1 rings (SSSR count). The lowest BCUT2D eigenvalue weighted by molar-refractivity contribution is 0.0616. The second kappa shape index (κ2) is 6.82. The van der Waals surface area contributed by atoms with Gasteiger partial charge in [0.2, 0.25) is 0 Å². The summed E-state index contributed by atoms with van der Waals surface area (Å²) in [4.78, 5) is 0. The summed E-state index contributed by atoms with van der Waals surface area (Å²) in [5.41, 5.74) is 6.42. The van der Waals surface area contributed by atoms with Gasteiger partial charge in [-0.3, -0.25) is 0 Å². The lowest BCUT2D eigenvalue weighted by Crippen LogP contribution is -2.16. The molecule has 0 atom stereocenters. The van der Waals surface area contributed by atoms with Crippen molar-refractivity contribution in [2.45, 2.75) is 6.61 Å². The Kier molecular flexibility index (Phi) is 5.38. The number of hydrogen-bond donors (Lipinski definition) is 2. The lowest BCUT2D eigenvalue weighted by atomic mass is 10.1. The molecule has 0 aromatic heterocycles. The zero-order chi connectivity index (χ0) is 12.7. The maximum Gasteiger partial charge on any atom is 0.170 e. The van der Waals surface area contributed by atoms with Gasteiger partial charge in [0.15, 0.2) is 5.84 Å². The van der Waals surface area contributed by atoms with E-state index < -0.39 is 5.82 Å². The van der Waals surface area contributed by atoms with Gasteiger partial charge >= 0.3 is 0 Å². The van der Waals surface area contributed by atoms with E-state index >= 15 is 0 Å². The van der Waals surface area contributed by atoms with Crippen molar-refractivity contribution in [3.63, 3.8) is 0 Å². The van der Waals surface area contributed by atoms with Crippen LogP contribution in [-0.4, -0.2) is 31.4 Å². The minimum Gasteiger partial charge on any atom is -0.409 e. The van der Waals surface area contributed by atoms with Crippen LogP contribution in [0.25, 0.3) is 0 Å². The van der Waals surface area contributed by atoms with Crippen LogP contribution in [0.5, 0.6) is 0 Å². The van der Waals surface area contributed by atoms with Crippen molar-refractivity contribution in [3.8, 4) is 0 Å². The van der Waals surface area contributed by atoms with Gasteiger partial charge in [-0.15, -0.1) is 0 Å². The highest BCUT2D eigenvalue weighted by atomic mass is 19.1. The Morgan fingerprint density at radius 3 is 2.88 bits per heavy atom. The Bertz CT molecular complexity index is 396. The lowest BCUT2D eigenvalue weighted by Gasteiger charge is -2.09. The third-order valence-electron chi connectivity index (χ3n) is 2.14. The number of rotatable bonds is 6. The Labute approximate surface area is 98.6 Å². The number of nitrogens with two attached hydrogens (primary N) is 1. The molecule has 0 bridgehead atoms. The SMILES string of the molecule is COCCOCc1ccc(F)cc1C(N)=NO. The normalized spacial score (nSPS) is 11.8. The molecule has 0 fully saturated rings. The summed E-state index contributed by atoms with van der Waals surface area (Å²) < 4.78 is 23.2. The molecule has 0 spiro atoms. The van der Waals surface area contributed by atoms with Crippen LogP contribution >= 0.6 is 0 Å². The predicted molar refractivity (Wildman–Crippen MR) is 60.4 cm³/mol. The topological polar surface area (TPSA) is 77.1 Å². The second-order valence-corrected chi connectivity index (χ2v) is 3.33. The van der Waals surface area contributed by atoms with Crippen LogP contribution in [0.1, 0.15) is 11.1 Å². The average molecular weight is 242 g/mol. The van der Waals surface area contributed by atoms with Gasteiger partial charge in [0.1, 0.15) is 5.82 Å². The Morgan fingerprint density at radius 1 is 1.47 bits per heavy atom. The van der Waals surface area contributed by atoms with Gasteiger partial charge in [-0.1, -0.05) is 11.2 Å². The van der Waals surface area contributed by atoms with Crippen molar-refractivity contribution in [2.24, 2.45) is 10.9 Å². The highest BCUT2D eigenvalue weighted by Crippen LogP contribution is 2.12. The fourth-order valence-corrected chi connectivity index (χ4v) is 1.29. The fourth-order valence-electron chi connectivity index (χ4n) is 1.29. The van der Waals surface area contributed by atoms with E-state index in [1.807, 2.05) is 0 Å². The van der Waals surface area contributed by atoms with Crippen LogP contribution in [0.4, 0.5) is 4.39 Å². The Balaban J connectivity index is 2.76. The molecule has 0 aliphatic heterocycles. The monoisotopic (exact) mass is 242 g/mol. The van der Waals surface area contributed by atoms with Crippen LogP contribution in [0.3, 0.4) is 0 Å². The molecule has 1 aromatic carbocycles. The largest absolute Gasteiger partial charge is 0.409 e. The maximum atomic E-state index is 13.0. The van der Waals surface area contributed by atoms with Gasteiger partial charge in [-0.2, -0.15) is 0 Å². The van der Waals surface area contributed by atoms with Crippen molar-refractivity contribution in [3.05, 3.63) is 35.1 Å². The van der Waals surface area contributed by atoms with Gasteiger partial charge in [0, 0.05) is 12.7 Å². The maximum absolute atomic E-state index is 13.0. The van der Waals surface area contributed by atoms with Crippen molar-refractivity contribution >= 4 is 5.84 Å². The van der Waals surface area contributed by atoms with E-state index in [1.54, 1.807) is 7.11 Å². The van der Waals surface area contributed by atoms with Crippen LogP contribution in [-0.2, 0) is 16.1 Å². The van der Waals surface area contributed by atoms with E-state index in [-0.39, 0.29) is 12.4 Å². The average Bonchev–Trinajstić information content (AvgIpc) is 2.35. The molecule has 0 unspecified atom stereocenters. The minimum atomic E-state index is -0.452.